The normalized spacial score (nSPS) is 23.1. The number of rotatable bonds is 3. The van der Waals surface area contributed by atoms with E-state index >= 15 is 0 Å². The third-order valence-electron chi connectivity index (χ3n) is 4.81. The summed E-state index contributed by atoms with van der Waals surface area (Å²) in [5.74, 6) is 0.0573. The largest absolute Gasteiger partial charge is 0.317 e. The van der Waals surface area contributed by atoms with Crippen molar-refractivity contribution in [1.82, 2.24) is 0 Å². The van der Waals surface area contributed by atoms with Crippen LogP contribution in [0.4, 0.5) is 10.1 Å². The maximum atomic E-state index is 13.3. The van der Waals surface area contributed by atoms with Gasteiger partial charge in [-0.15, -0.1) is 0 Å². The first-order valence-electron chi connectivity index (χ1n) is 8.84. The number of hydrogen-bond donors (Lipinski definition) is 0. The number of amidine groups is 1. The van der Waals surface area contributed by atoms with Crippen molar-refractivity contribution in [1.29, 1.82) is 0 Å². The molecule has 4 rings (SSSR count). The average molecular weight is 405 g/mol. The Balaban J connectivity index is 1.69. The number of anilines is 1. The van der Waals surface area contributed by atoms with Crippen LogP contribution in [0.25, 0.3) is 0 Å². The Morgan fingerprint density at radius 2 is 1.78 bits per heavy atom. The molecular formula is C20H21FN2O2S2. The van der Waals surface area contributed by atoms with Gasteiger partial charge < -0.3 is 4.90 Å². The van der Waals surface area contributed by atoms with Gasteiger partial charge in [-0.1, -0.05) is 30.0 Å². The van der Waals surface area contributed by atoms with Gasteiger partial charge in [0.15, 0.2) is 15.0 Å². The lowest BCUT2D eigenvalue weighted by Gasteiger charge is -2.25. The molecule has 2 heterocycles. The monoisotopic (exact) mass is 404 g/mol. The predicted molar refractivity (Wildman–Crippen MR) is 110 cm³/mol. The highest BCUT2D eigenvalue weighted by Gasteiger charge is 2.44. The topological polar surface area (TPSA) is 49.7 Å². The summed E-state index contributed by atoms with van der Waals surface area (Å²) in [5.41, 5.74) is 4.30. The summed E-state index contributed by atoms with van der Waals surface area (Å²) < 4.78 is 37.0. The number of nitrogens with zero attached hydrogens (tertiary/aromatic N) is 2. The molecule has 4 nitrogen and oxygen atoms in total. The van der Waals surface area contributed by atoms with Crippen molar-refractivity contribution < 1.29 is 12.8 Å². The molecule has 2 aromatic carbocycles. The van der Waals surface area contributed by atoms with Gasteiger partial charge in [-0.05, 0) is 54.8 Å². The number of benzene rings is 2. The molecule has 2 aliphatic rings. The molecule has 0 unspecified atom stereocenters. The molecule has 0 amide bonds. The van der Waals surface area contributed by atoms with Crippen LogP contribution in [0, 0.1) is 19.7 Å². The van der Waals surface area contributed by atoms with E-state index in [-0.39, 0.29) is 28.6 Å². The van der Waals surface area contributed by atoms with Gasteiger partial charge in [0, 0.05) is 10.9 Å². The molecule has 2 atom stereocenters. The van der Waals surface area contributed by atoms with E-state index in [1.165, 1.54) is 12.1 Å². The fraction of sp³-hybridized carbons (Fsp3) is 0.350. The van der Waals surface area contributed by atoms with Crippen LogP contribution in [0.5, 0.6) is 0 Å². The Hall–Kier alpha value is -1.86. The van der Waals surface area contributed by atoms with Crippen LogP contribution in [0.3, 0.4) is 0 Å². The van der Waals surface area contributed by atoms with E-state index in [0.717, 1.165) is 27.5 Å². The van der Waals surface area contributed by atoms with E-state index in [1.54, 1.807) is 23.9 Å². The van der Waals surface area contributed by atoms with Gasteiger partial charge >= 0.3 is 0 Å². The zero-order chi connectivity index (χ0) is 19.2. The molecule has 1 fully saturated rings. The summed E-state index contributed by atoms with van der Waals surface area (Å²) in [6, 6.07) is 12.6. The minimum atomic E-state index is -2.98. The van der Waals surface area contributed by atoms with Crippen molar-refractivity contribution in [2.24, 2.45) is 4.99 Å². The second-order valence-electron chi connectivity index (χ2n) is 7.27. The molecule has 2 aliphatic heterocycles. The standard InChI is InChI=1S/C20H21FN2O2S2/c1-13-7-14(2)9-17(8-13)23(10-15-3-5-16(21)6-4-15)20-22-18-11-27(24,25)12-19(18)26-20/h3-9,18-19H,10-12H2,1-2H3/t18-,19-/m1/s1. The zero-order valence-electron chi connectivity index (χ0n) is 15.2. The highest BCUT2D eigenvalue weighted by Crippen LogP contribution is 2.37. The smallest absolute Gasteiger partial charge is 0.164 e. The van der Waals surface area contributed by atoms with Gasteiger partial charge in [0.05, 0.1) is 24.1 Å². The zero-order valence-corrected chi connectivity index (χ0v) is 16.9. The molecule has 27 heavy (non-hydrogen) atoms. The average Bonchev–Trinajstić information content (AvgIpc) is 3.06. The van der Waals surface area contributed by atoms with Gasteiger partial charge in [-0.25, -0.2) is 12.8 Å². The lowest BCUT2D eigenvalue weighted by atomic mass is 10.1. The van der Waals surface area contributed by atoms with Crippen LogP contribution in [-0.4, -0.2) is 36.4 Å². The van der Waals surface area contributed by atoms with Crippen molar-refractivity contribution in [3.63, 3.8) is 0 Å². The Morgan fingerprint density at radius 1 is 1.11 bits per heavy atom. The number of hydrogen-bond acceptors (Lipinski definition) is 5. The second-order valence-corrected chi connectivity index (χ2v) is 10.6. The molecule has 0 bridgehead atoms. The molecular weight excluding hydrogens is 383 g/mol. The van der Waals surface area contributed by atoms with E-state index in [9.17, 15) is 12.8 Å². The first-order valence-corrected chi connectivity index (χ1v) is 11.5. The van der Waals surface area contributed by atoms with Crippen LogP contribution in [0.1, 0.15) is 16.7 Å². The summed E-state index contributed by atoms with van der Waals surface area (Å²) in [7, 11) is -2.98. The molecule has 0 aromatic heterocycles. The quantitative estimate of drug-likeness (QED) is 0.782. The van der Waals surface area contributed by atoms with Gasteiger partial charge in [-0.3, -0.25) is 4.99 Å². The van der Waals surface area contributed by atoms with E-state index < -0.39 is 9.84 Å². The van der Waals surface area contributed by atoms with Gasteiger partial charge in [0.1, 0.15) is 5.82 Å². The minimum Gasteiger partial charge on any atom is -0.317 e. The van der Waals surface area contributed by atoms with Gasteiger partial charge in [0.25, 0.3) is 0 Å². The highest BCUT2D eigenvalue weighted by molar-refractivity contribution is 8.15. The van der Waals surface area contributed by atoms with Crippen LogP contribution in [0.15, 0.2) is 47.5 Å². The van der Waals surface area contributed by atoms with Crippen LogP contribution < -0.4 is 4.90 Å². The first-order chi connectivity index (χ1) is 12.8. The predicted octanol–water partition coefficient (Wildman–Crippen LogP) is 3.72. The van der Waals surface area contributed by atoms with Crippen molar-refractivity contribution in [3.8, 4) is 0 Å². The minimum absolute atomic E-state index is 0.00776. The lowest BCUT2D eigenvalue weighted by Crippen LogP contribution is -2.28. The van der Waals surface area contributed by atoms with Gasteiger partial charge in [0.2, 0.25) is 0 Å². The fourth-order valence-corrected chi connectivity index (χ4v) is 7.40. The lowest BCUT2D eigenvalue weighted by molar-refractivity contribution is 0.601. The van der Waals surface area contributed by atoms with Gasteiger partial charge in [-0.2, -0.15) is 0 Å². The molecule has 0 aliphatic carbocycles. The number of fused-ring (bicyclic) bond motifs is 1. The summed E-state index contributed by atoms with van der Waals surface area (Å²) >= 11 is 1.54. The summed E-state index contributed by atoms with van der Waals surface area (Å²) in [5, 5.41) is 0.834. The summed E-state index contributed by atoms with van der Waals surface area (Å²) in [6.07, 6.45) is 0. The van der Waals surface area contributed by atoms with Crippen LogP contribution >= 0.6 is 11.8 Å². The molecule has 7 heteroatoms. The van der Waals surface area contributed by atoms with Crippen LogP contribution in [0.2, 0.25) is 0 Å². The number of aryl methyl sites for hydroxylation is 2. The first kappa shape index (κ1) is 18.5. The highest BCUT2D eigenvalue weighted by atomic mass is 32.2. The van der Waals surface area contributed by atoms with Crippen molar-refractivity contribution in [2.75, 3.05) is 16.4 Å². The van der Waals surface area contributed by atoms with Crippen molar-refractivity contribution >= 4 is 32.5 Å². The van der Waals surface area contributed by atoms with E-state index in [2.05, 4.69) is 36.9 Å². The van der Waals surface area contributed by atoms with E-state index in [4.69, 9.17) is 4.99 Å². The Labute approximate surface area is 163 Å². The third-order valence-corrected chi connectivity index (χ3v) is 8.06. The maximum Gasteiger partial charge on any atom is 0.164 e. The molecule has 0 N–H and O–H groups in total. The molecule has 0 radical (unpaired) electrons. The van der Waals surface area contributed by atoms with Crippen LogP contribution in [-0.2, 0) is 16.4 Å². The number of halogens is 1. The van der Waals surface area contributed by atoms with E-state index in [0.29, 0.717) is 6.54 Å². The van der Waals surface area contributed by atoms with Crippen molar-refractivity contribution in [2.45, 2.75) is 31.7 Å². The second kappa shape index (κ2) is 6.95. The maximum absolute atomic E-state index is 13.3. The number of aliphatic imine (C=N–C) groups is 1. The Kier molecular flexibility index (Phi) is 4.76. The summed E-state index contributed by atoms with van der Waals surface area (Å²) in [6.45, 7) is 4.66. The fourth-order valence-electron chi connectivity index (χ4n) is 3.62. The molecule has 1 saturated heterocycles. The number of thioether (sulfide) groups is 1. The molecule has 142 valence electrons. The summed E-state index contributed by atoms with van der Waals surface area (Å²) in [4.78, 5) is 6.86. The SMILES string of the molecule is Cc1cc(C)cc(N(Cc2ccc(F)cc2)C2=N[C@@H]3CS(=O)(=O)C[C@H]3S2)c1. The molecule has 0 spiro atoms. The third kappa shape index (κ3) is 4.04. The van der Waals surface area contributed by atoms with Crippen molar-refractivity contribution in [3.05, 3.63) is 65.0 Å². The number of sulfone groups is 1. The van der Waals surface area contributed by atoms with E-state index in [1.807, 2.05) is 0 Å². The molecule has 2 aromatic rings. The Bertz CT molecular complexity index is 983. The molecule has 0 saturated carbocycles. The Morgan fingerprint density at radius 3 is 2.41 bits per heavy atom.